The van der Waals surface area contributed by atoms with Gasteiger partial charge in [-0.15, -0.1) is 11.3 Å². The van der Waals surface area contributed by atoms with Crippen molar-refractivity contribution < 1.29 is 4.79 Å². The van der Waals surface area contributed by atoms with Crippen LogP contribution >= 0.6 is 11.3 Å². The van der Waals surface area contributed by atoms with Gasteiger partial charge in [0.1, 0.15) is 5.01 Å². The molecule has 1 amide bonds. The first-order valence-corrected chi connectivity index (χ1v) is 11.4. The smallest absolute Gasteiger partial charge is 0.236 e. The summed E-state index contributed by atoms with van der Waals surface area (Å²) < 4.78 is 1.15. The first-order chi connectivity index (χ1) is 15.7. The number of rotatable bonds is 5. The van der Waals surface area contributed by atoms with E-state index in [0.717, 1.165) is 43.2 Å². The summed E-state index contributed by atoms with van der Waals surface area (Å²) in [6.07, 6.45) is 0. The molecule has 3 nitrogen and oxygen atoms in total. The number of anilines is 1. The molecule has 0 fully saturated rings. The Morgan fingerprint density at radius 1 is 0.812 bits per heavy atom. The third-order valence-corrected chi connectivity index (χ3v) is 6.65. The predicted octanol–water partition coefficient (Wildman–Crippen LogP) is 7.04. The molecule has 1 heterocycles. The summed E-state index contributed by atoms with van der Waals surface area (Å²) in [7, 11) is 0. The molecular weight excluding hydrogens is 412 g/mol. The second-order valence-corrected chi connectivity index (χ2v) is 8.79. The molecule has 0 aliphatic carbocycles. The van der Waals surface area contributed by atoms with Gasteiger partial charge in [-0.3, -0.25) is 4.79 Å². The molecule has 5 aromatic rings. The number of aromatic nitrogens is 1. The van der Waals surface area contributed by atoms with Crippen LogP contribution in [-0.4, -0.2) is 10.9 Å². The minimum atomic E-state index is -0.386. The summed E-state index contributed by atoms with van der Waals surface area (Å²) in [6, 6.07) is 34.1. The van der Waals surface area contributed by atoms with Gasteiger partial charge in [-0.1, -0.05) is 84.9 Å². The molecule has 5 rings (SSSR count). The second-order valence-electron chi connectivity index (χ2n) is 7.76. The Kier molecular flexibility index (Phi) is 5.53. The van der Waals surface area contributed by atoms with E-state index in [2.05, 4.69) is 17.4 Å². The zero-order valence-electron chi connectivity index (χ0n) is 17.7. The van der Waals surface area contributed by atoms with Crippen molar-refractivity contribution in [2.45, 2.75) is 12.8 Å². The number of benzene rings is 4. The predicted molar refractivity (Wildman–Crippen MR) is 133 cm³/mol. The molecule has 4 aromatic carbocycles. The Labute approximate surface area is 191 Å². The van der Waals surface area contributed by atoms with Crippen LogP contribution in [0.2, 0.25) is 0 Å². The lowest BCUT2D eigenvalue weighted by Gasteiger charge is -2.19. The van der Waals surface area contributed by atoms with Crippen molar-refractivity contribution >= 4 is 33.1 Å². The third kappa shape index (κ3) is 4.05. The van der Waals surface area contributed by atoms with Crippen LogP contribution < -0.4 is 5.32 Å². The zero-order chi connectivity index (χ0) is 21.9. The molecule has 32 heavy (non-hydrogen) atoms. The summed E-state index contributed by atoms with van der Waals surface area (Å²) in [6.45, 7) is 2.01. The van der Waals surface area contributed by atoms with Gasteiger partial charge in [0.05, 0.1) is 16.1 Å². The van der Waals surface area contributed by atoms with E-state index in [4.69, 9.17) is 4.98 Å². The molecule has 0 unspecified atom stereocenters. The largest absolute Gasteiger partial charge is 0.325 e. The molecule has 0 saturated heterocycles. The standard InChI is InChI=1S/C28H22N2OS/c1-19-16-17-22(28-30-23-14-8-9-15-25(23)32-28)18-24(19)29-27(31)26(20-10-4-2-5-11-20)21-12-6-3-7-13-21/h2-18,26H,1H3,(H,29,31). The summed E-state index contributed by atoms with van der Waals surface area (Å²) >= 11 is 1.66. The number of nitrogens with zero attached hydrogens (tertiary/aromatic N) is 1. The average molecular weight is 435 g/mol. The molecule has 0 bridgehead atoms. The van der Waals surface area contributed by atoms with Gasteiger partial charge in [0.25, 0.3) is 0 Å². The molecule has 1 aromatic heterocycles. The second kappa shape index (κ2) is 8.77. The van der Waals surface area contributed by atoms with Crippen LogP contribution in [0.5, 0.6) is 0 Å². The fourth-order valence-electron chi connectivity index (χ4n) is 3.88. The van der Waals surface area contributed by atoms with Gasteiger partial charge in [0.15, 0.2) is 0 Å². The molecule has 156 valence electrons. The first-order valence-electron chi connectivity index (χ1n) is 10.6. The van der Waals surface area contributed by atoms with Crippen LogP contribution in [0.1, 0.15) is 22.6 Å². The van der Waals surface area contributed by atoms with Gasteiger partial charge in [0, 0.05) is 11.3 Å². The van der Waals surface area contributed by atoms with Crippen molar-refractivity contribution in [3.05, 3.63) is 120 Å². The molecular formula is C28H22N2OS. The van der Waals surface area contributed by atoms with Gasteiger partial charge in [-0.2, -0.15) is 0 Å². The molecule has 0 saturated carbocycles. The minimum Gasteiger partial charge on any atom is -0.325 e. The lowest BCUT2D eigenvalue weighted by molar-refractivity contribution is -0.116. The molecule has 0 radical (unpaired) electrons. The maximum absolute atomic E-state index is 13.5. The number of amides is 1. The topological polar surface area (TPSA) is 42.0 Å². The number of para-hydroxylation sites is 1. The minimum absolute atomic E-state index is 0.0491. The highest BCUT2D eigenvalue weighted by atomic mass is 32.1. The number of carbonyl (C=O) groups is 1. The van der Waals surface area contributed by atoms with Gasteiger partial charge in [-0.25, -0.2) is 4.98 Å². The normalized spacial score (nSPS) is 11.1. The summed E-state index contributed by atoms with van der Waals surface area (Å²) in [5.41, 5.74) is 5.76. The van der Waals surface area contributed by atoms with Crippen LogP contribution in [0.15, 0.2) is 103 Å². The maximum Gasteiger partial charge on any atom is 0.236 e. The Balaban J connectivity index is 1.49. The summed E-state index contributed by atoms with van der Waals surface area (Å²) in [5, 5.41) is 4.14. The van der Waals surface area contributed by atoms with E-state index in [0.29, 0.717) is 0 Å². The fraction of sp³-hybridized carbons (Fsp3) is 0.0714. The summed E-state index contributed by atoms with van der Waals surface area (Å²) in [4.78, 5) is 18.3. The Morgan fingerprint density at radius 2 is 1.44 bits per heavy atom. The van der Waals surface area contributed by atoms with E-state index in [9.17, 15) is 4.79 Å². The third-order valence-electron chi connectivity index (χ3n) is 5.56. The lowest BCUT2D eigenvalue weighted by Crippen LogP contribution is -2.22. The Hall–Kier alpha value is -3.76. The van der Waals surface area contributed by atoms with Crippen molar-refractivity contribution in [2.24, 2.45) is 0 Å². The lowest BCUT2D eigenvalue weighted by atomic mass is 9.90. The van der Waals surface area contributed by atoms with Crippen LogP contribution in [0.4, 0.5) is 5.69 Å². The van der Waals surface area contributed by atoms with Crippen LogP contribution in [0.3, 0.4) is 0 Å². The maximum atomic E-state index is 13.5. The van der Waals surface area contributed by atoms with Crippen LogP contribution in [0, 0.1) is 6.92 Å². The number of nitrogens with one attached hydrogen (secondary N) is 1. The van der Waals surface area contributed by atoms with Crippen LogP contribution in [-0.2, 0) is 4.79 Å². The van der Waals surface area contributed by atoms with E-state index >= 15 is 0 Å². The zero-order valence-corrected chi connectivity index (χ0v) is 18.5. The van der Waals surface area contributed by atoms with Gasteiger partial charge < -0.3 is 5.32 Å². The van der Waals surface area contributed by atoms with E-state index in [1.807, 2.05) is 97.9 Å². The highest BCUT2D eigenvalue weighted by molar-refractivity contribution is 7.21. The number of hydrogen-bond donors (Lipinski definition) is 1. The van der Waals surface area contributed by atoms with Crippen molar-refractivity contribution in [3.8, 4) is 10.6 Å². The highest BCUT2D eigenvalue weighted by Gasteiger charge is 2.23. The average Bonchev–Trinajstić information content (AvgIpc) is 3.26. The number of carbonyl (C=O) groups excluding carboxylic acids is 1. The molecule has 0 atom stereocenters. The molecule has 0 aliphatic heterocycles. The molecule has 4 heteroatoms. The van der Waals surface area contributed by atoms with Gasteiger partial charge in [0.2, 0.25) is 5.91 Å². The SMILES string of the molecule is Cc1ccc(-c2nc3ccccc3s2)cc1NC(=O)C(c1ccccc1)c1ccccc1. The summed E-state index contributed by atoms with van der Waals surface area (Å²) in [5.74, 6) is -0.435. The molecule has 0 aliphatic rings. The molecule has 1 N–H and O–H groups in total. The van der Waals surface area contributed by atoms with Crippen molar-refractivity contribution in [2.75, 3.05) is 5.32 Å². The number of fused-ring (bicyclic) bond motifs is 1. The van der Waals surface area contributed by atoms with E-state index in [-0.39, 0.29) is 11.8 Å². The molecule has 0 spiro atoms. The van der Waals surface area contributed by atoms with Crippen LogP contribution in [0.25, 0.3) is 20.8 Å². The Bertz CT molecular complexity index is 1300. The van der Waals surface area contributed by atoms with Crippen molar-refractivity contribution in [1.82, 2.24) is 4.98 Å². The van der Waals surface area contributed by atoms with Gasteiger partial charge >= 0.3 is 0 Å². The highest BCUT2D eigenvalue weighted by Crippen LogP contribution is 2.33. The fourth-order valence-corrected chi connectivity index (χ4v) is 4.84. The first kappa shape index (κ1) is 20.2. The number of hydrogen-bond acceptors (Lipinski definition) is 3. The monoisotopic (exact) mass is 434 g/mol. The van der Waals surface area contributed by atoms with Crippen molar-refractivity contribution in [3.63, 3.8) is 0 Å². The van der Waals surface area contributed by atoms with Crippen molar-refractivity contribution in [1.29, 1.82) is 0 Å². The van der Waals surface area contributed by atoms with E-state index < -0.39 is 0 Å². The quantitative estimate of drug-likeness (QED) is 0.322. The van der Waals surface area contributed by atoms with E-state index in [1.54, 1.807) is 11.3 Å². The van der Waals surface area contributed by atoms with E-state index in [1.165, 1.54) is 0 Å². The van der Waals surface area contributed by atoms with Gasteiger partial charge in [-0.05, 0) is 41.8 Å². The number of thiazole rings is 1. The Morgan fingerprint density at radius 3 is 2.09 bits per heavy atom. The number of aryl methyl sites for hydroxylation is 1.